The Hall–Kier alpha value is -2.60. The van der Waals surface area contributed by atoms with Crippen LogP contribution in [0.5, 0.6) is 0 Å². The maximum absolute atomic E-state index is 12.3. The van der Waals surface area contributed by atoms with Gasteiger partial charge in [-0.25, -0.2) is 0 Å². The Morgan fingerprint density at radius 2 is 1.72 bits per heavy atom. The van der Waals surface area contributed by atoms with E-state index in [1.807, 2.05) is 79.2 Å². The highest BCUT2D eigenvalue weighted by Gasteiger charge is 2.19. The summed E-state index contributed by atoms with van der Waals surface area (Å²) in [7, 11) is 1.92. The van der Waals surface area contributed by atoms with Gasteiger partial charge in [-0.2, -0.15) is 0 Å². The topological polar surface area (TPSA) is 59.8 Å². The molecule has 0 saturated heterocycles. The lowest BCUT2D eigenvalue weighted by Crippen LogP contribution is -2.30. The van der Waals surface area contributed by atoms with Crippen molar-refractivity contribution in [2.75, 3.05) is 0 Å². The lowest BCUT2D eigenvalue weighted by Gasteiger charge is -2.11. The third kappa shape index (κ3) is 4.28. The lowest BCUT2D eigenvalue weighted by molar-refractivity contribution is -0.120. The number of rotatable bonds is 6. The van der Waals surface area contributed by atoms with Crippen LogP contribution in [-0.2, 0) is 18.4 Å². The highest BCUT2D eigenvalue weighted by atomic mass is 32.2. The van der Waals surface area contributed by atoms with E-state index < -0.39 is 0 Å². The van der Waals surface area contributed by atoms with Crippen molar-refractivity contribution in [1.82, 2.24) is 20.1 Å². The van der Waals surface area contributed by atoms with E-state index in [1.165, 1.54) is 11.8 Å². The zero-order valence-corrected chi connectivity index (χ0v) is 15.0. The van der Waals surface area contributed by atoms with Crippen molar-refractivity contribution in [3.8, 4) is 11.4 Å². The van der Waals surface area contributed by atoms with E-state index in [-0.39, 0.29) is 11.2 Å². The van der Waals surface area contributed by atoms with Crippen LogP contribution < -0.4 is 5.32 Å². The standard InChI is InChI=1S/C19H20N4OS/c1-14(18(24)20-13-15-9-5-3-6-10-15)25-19-22-21-17(23(19)2)16-11-7-4-8-12-16/h3-12,14H,13H2,1-2H3,(H,20,24). The summed E-state index contributed by atoms with van der Waals surface area (Å²) < 4.78 is 1.92. The van der Waals surface area contributed by atoms with E-state index in [9.17, 15) is 4.79 Å². The van der Waals surface area contributed by atoms with Crippen LogP contribution in [-0.4, -0.2) is 25.9 Å². The average Bonchev–Trinajstić information content (AvgIpc) is 3.01. The van der Waals surface area contributed by atoms with Gasteiger partial charge in [0.25, 0.3) is 0 Å². The number of benzene rings is 2. The van der Waals surface area contributed by atoms with Gasteiger partial charge in [0.2, 0.25) is 5.91 Å². The Morgan fingerprint density at radius 3 is 2.40 bits per heavy atom. The van der Waals surface area contributed by atoms with E-state index in [0.29, 0.717) is 6.54 Å². The molecule has 5 nitrogen and oxygen atoms in total. The second kappa shape index (κ2) is 7.98. The van der Waals surface area contributed by atoms with Gasteiger partial charge in [-0.05, 0) is 12.5 Å². The zero-order chi connectivity index (χ0) is 17.6. The number of hydrogen-bond donors (Lipinski definition) is 1. The molecule has 0 aliphatic heterocycles. The van der Waals surface area contributed by atoms with E-state index in [0.717, 1.165) is 22.1 Å². The first kappa shape index (κ1) is 17.2. The summed E-state index contributed by atoms with van der Waals surface area (Å²) in [6.45, 7) is 2.40. The van der Waals surface area contributed by atoms with Crippen molar-refractivity contribution in [2.45, 2.75) is 23.9 Å². The highest BCUT2D eigenvalue weighted by molar-refractivity contribution is 8.00. The van der Waals surface area contributed by atoms with Crippen molar-refractivity contribution in [3.63, 3.8) is 0 Å². The molecule has 0 bridgehead atoms. The Labute approximate surface area is 151 Å². The minimum absolute atomic E-state index is 0.0156. The number of carbonyl (C=O) groups is 1. The molecule has 25 heavy (non-hydrogen) atoms. The molecule has 3 aromatic rings. The van der Waals surface area contributed by atoms with Gasteiger partial charge in [0.05, 0.1) is 5.25 Å². The first-order chi connectivity index (χ1) is 12.1. The third-order valence-corrected chi connectivity index (χ3v) is 4.96. The number of amides is 1. The smallest absolute Gasteiger partial charge is 0.233 e. The molecule has 3 rings (SSSR count). The van der Waals surface area contributed by atoms with Crippen LogP contribution in [0.3, 0.4) is 0 Å². The van der Waals surface area contributed by atoms with Gasteiger partial charge >= 0.3 is 0 Å². The first-order valence-electron chi connectivity index (χ1n) is 8.08. The molecule has 0 fully saturated rings. The van der Waals surface area contributed by atoms with E-state index in [1.54, 1.807) is 0 Å². The van der Waals surface area contributed by atoms with Crippen LogP contribution in [0.15, 0.2) is 65.8 Å². The molecule has 128 valence electrons. The molecule has 1 unspecified atom stereocenters. The maximum Gasteiger partial charge on any atom is 0.233 e. The van der Waals surface area contributed by atoms with Crippen LogP contribution in [0.2, 0.25) is 0 Å². The lowest BCUT2D eigenvalue weighted by atomic mass is 10.2. The molecule has 1 heterocycles. The van der Waals surface area contributed by atoms with Crippen LogP contribution in [0.4, 0.5) is 0 Å². The summed E-state index contributed by atoms with van der Waals surface area (Å²) in [5, 5.41) is 11.9. The quantitative estimate of drug-likeness (QED) is 0.692. The number of hydrogen-bond acceptors (Lipinski definition) is 4. The van der Waals surface area contributed by atoms with Crippen LogP contribution in [0, 0.1) is 0 Å². The van der Waals surface area contributed by atoms with E-state index >= 15 is 0 Å². The van der Waals surface area contributed by atoms with E-state index in [4.69, 9.17) is 0 Å². The normalized spacial score (nSPS) is 11.9. The molecule has 0 aliphatic rings. The summed E-state index contributed by atoms with van der Waals surface area (Å²) >= 11 is 1.41. The number of nitrogens with zero attached hydrogens (tertiary/aromatic N) is 3. The van der Waals surface area contributed by atoms with Gasteiger partial charge in [-0.15, -0.1) is 10.2 Å². The molecule has 0 spiro atoms. The molecule has 0 radical (unpaired) electrons. The minimum atomic E-state index is -0.254. The number of thioether (sulfide) groups is 1. The fourth-order valence-corrected chi connectivity index (χ4v) is 3.24. The molecule has 1 N–H and O–H groups in total. The van der Waals surface area contributed by atoms with Crippen LogP contribution in [0.1, 0.15) is 12.5 Å². The van der Waals surface area contributed by atoms with Gasteiger partial charge in [0.15, 0.2) is 11.0 Å². The van der Waals surface area contributed by atoms with Gasteiger partial charge in [0, 0.05) is 19.2 Å². The molecule has 6 heteroatoms. The summed E-state index contributed by atoms with van der Waals surface area (Å²) in [6, 6.07) is 19.8. The Balaban J connectivity index is 1.62. The Morgan fingerprint density at radius 1 is 1.08 bits per heavy atom. The molecular weight excluding hydrogens is 332 g/mol. The van der Waals surface area contributed by atoms with Crippen LogP contribution >= 0.6 is 11.8 Å². The summed E-state index contributed by atoms with van der Waals surface area (Å²) in [5.41, 5.74) is 2.09. The fraction of sp³-hybridized carbons (Fsp3) is 0.211. The molecule has 0 saturated carbocycles. The monoisotopic (exact) mass is 352 g/mol. The van der Waals surface area contributed by atoms with Crippen LogP contribution in [0.25, 0.3) is 11.4 Å². The summed E-state index contributed by atoms with van der Waals surface area (Å²) in [4.78, 5) is 12.3. The number of carbonyl (C=O) groups excluding carboxylic acids is 1. The molecular formula is C19H20N4OS. The highest BCUT2D eigenvalue weighted by Crippen LogP contribution is 2.25. The number of aromatic nitrogens is 3. The summed E-state index contributed by atoms with van der Waals surface area (Å²) in [5.74, 6) is 0.776. The summed E-state index contributed by atoms with van der Waals surface area (Å²) in [6.07, 6.45) is 0. The molecule has 1 atom stereocenters. The minimum Gasteiger partial charge on any atom is -0.351 e. The predicted molar refractivity (Wildman–Crippen MR) is 100 cm³/mol. The second-order valence-corrected chi connectivity index (χ2v) is 7.00. The van der Waals surface area contributed by atoms with Gasteiger partial charge in [0.1, 0.15) is 0 Å². The first-order valence-corrected chi connectivity index (χ1v) is 8.96. The third-order valence-electron chi connectivity index (χ3n) is 3.83. The Bertz CT molecular complexity index is 833. The Kier molecular flexibility index (Phi) is 5.50. The predicted octanol–water partition coefficient (Wildman–Crippen LogP) is 3.28. The fourth-order valence-electron chi connectivity index (χ4n) is 2.40. The van der Waals surface area contributed by atoms with Crippen molar-refractivity contribution in [1.29, 1.82) is 0 Å². The molecule has 2 aromatic carbocycles. The SMILES string of the molecule is CC(Sc1nnc(-c2ccccc2)n1C)C(=O)NCc1ccccc1. The van der Waals surface area contributed by atoms with Crippen molar-refractivity contribution < 1.29 is 4.79 Å². The molecule has 0 aliphatic carbocycles. The van der Waals surface area contributed by atoms with Gasteiger partial charge in [-0.3, -0.25) is 4.79 Å². The largest absolute Gasteiger partial charge is 0.351 e. The van der Waals surface area contributed by atoms with E-state index in [2.05, 4.69) is 15.5 Å². The van der Waals surface area contributed by atoms with Gasteiger partial charge in [-0.1, -0.05) is 72.4 Å². The average molecular weight is 352 g/mol. The van der Waals surface area contributed by atoms with Crippen molar-refractivity contribution >= 4 is 17.7 Å². The van der Waals surface area contributed by atoms with Gasteiger partial charge < -0.3 is 9.88 Å². The zero-order valence-electron chi connectivity index (χ0n) is 14.2. The molecule has 1 aromatic heterocycles. The maximum atomic E-state index is 12.3. The second-order valence-electron chi connectivity index (χ2n) is 5.69. The van der Waals surface area contributed by atoms with Crippen molar-refractivity contribution in [3.05, 3.63) is 66.2 Å². The molecule has 1 amide bonds. The number of nitrogens with one attached hydrogen (secondary N) is 1. The van der Waals surface area contributed by atoms with Crippen molar-refractivity contribution in [2.24, 2.45) is 7.05 Å².